The summed E-state index contributed by atoms with van der Waals surface area (Å²) >= 11 is 6.06. The summed E-state index contributed by atoms with van der Waals surface area (Å²) in [5.74, 6) is -0.232. The molecule has 0 aliphatic heterocycles. The first kappa shape index (κ1) is 18.2. The van der Waals surface area contributed by atoms with Crippen molar-refractivity contribution in [3.63, 3.8) is 0 Å². The average Bonchev–Trinajstić information content (AvgIpc) is 2.57. The molecule has 24 heavy (non-hydrogen) atoms. The van der Waals surface area contributed by atoms with E-state index in [0.717, 1.165) is 5.56 Å². The van der Waals surface area contributed by atoms with Gasteiger partial charge in [0.2, 0.25) is 5.91 Å². The van der Waals surface area contributed by atoms with Crippen molar-refractivity contribution in [1.82, 2.24) is 5.32 Å². The van der Waals surface area contributed by atoms with Gasteiger partial charge in [-0.3, -0.25) is 4.79 Å². The number of amides is 1. The lowest BCUT2D eigenvalue weighted by atomic mass is 10.0. The second-order valence-electron chi connectivity index (χ2n) is 5.45. The molecule has 0 aliphatic rings. The van der Waals surface area contributed by atoms with E-state index >= 15 is 0 Å². The molecule has 0 saturated carbocycles. The number of nitrogens with one attached hydrogen (secondary N) is 1. The van der Waals surface area contributed by atoms with Crippen LogP contribution in [0.5, 0.6) is 11.5 Å². The Morgan fingerprint density at radius 1 is 1.29 bits per heavy atom. The van der Waals surface area contributed by atoms with Gasteiger partial charge in [0.15, 0.2) is 11.6 Å². The normalized spacial score (nSPS) is 11.9. The molecule has 0 heterocycles. The first-order valence-electron chi connectivity index (χ1n) is 7.67. The molecule has 2 aromatic carbocycles. The lowest BCUT2D eigenvalue weighted by Gasteiger charge is -2.15. The third-order valence-electron chi connectivity index (χ3n) is 3.60. The van der Waals surface area contributed by atoms with E-state index in [-0.39, 0.29) is 16.7 Å². The van der Waals surface area contributed by atoms with Gasteiger partial charge in [0.25, 0.3) is 0 Å². The third-order valence-corrected chi connectivity index (χ3v) is 3.90. The van der Waals surface area contributed by atoms with Gasteiger partial charge in [-0.1, -0.05) is 36.7 Å². The Morgan fingerprint density at radius 2 is 1.96 bits per heavy atom. The maximum atomic E-state index is 14.6. The van der Waals surface area contributed by atoms with Crippen LogP contribution >= 0.6 is 11.6 Å². The Bertz CT molecular complexity index is 720. The molecule has 0 spiro atoms. The van der Waals surface area contributed by atoms with Crippen LogP contribution in [0.1, 0.15) is 37.4 Å². The summed E-state index contributed by atoms with van der Waals surface area (Å²) in [6, 6.07) is 9.71. The number of halogens is 2. The Labute approximate surface area is 145 Å². The van der Waals surface area contributed by atoms with Crippen molar-refractivity contribution < 1.29 is 13.9 Å². The molecule has 4 nitrogen and oxygen atoms in total. The molecular formula is C18H20ClFN2O2. The molecule has 0 saturated heterocycles. The lowest BCUT2D eigenvalue weighted by molar-refractivity contribution is -0.119. The Morgan fingerprint density at radius 3 is 2.54 bits per heavy atom. The van der Waals surface area contributed by atoms with Crippen molar-refractivity contribution in [3.05, 3.63) is 58.4 Å². The van der Waals surface area contributed by atoms with E-state index in [0.29, 0.717) is 24.3 Å². The highest BCUT2D eigenvalue weighted by molar-refractivity contribution is 6.32. The summed E-state index contributed by atoms with van der Waals surface area (Å²) in [7, 11) is 0. The minimum atomic E-state index is -0.542. The second-order valence-corrected chi connectivity index (χ2v) is 5.86. The molecule has 0 aromatic heterocycles. The molecule has 1 atom stereocenters. The average molecular weight is 351 g/mol. The fraction of sp³-hybridized carbons (Fsp3) is 0.278. The van der Waals surface area contributed by atoms with Crippen LogP contribution in [-0.2, 0) is 11.3 Å². The number of hydrogen-bond donors (Lipinski definition) is 2. The monoisotopic (exact) mass is 350 g/mol. The van der Waals surface area contributed by atoms with Crippen molar-refractivity contribution in [3.8, 4) is 11.5 Å². The first-order chi connectivity index (χ1) is 11.4. The molecule has 0 aliphatic carbocycles. The molecule has 2 aromatic rings. The van der Waals surface area contributed by atoms with Gasteiger partial charge < -0.3 is 15.8 Å². The SMILES string of the molecule is CC[C@@H](N)c1ccc(Cl)c(Oc2ccc(CNC(C)=O)cc2)c1F. The molecule has 0 unspecified atom stereocenters. The Balaban J connectivity index is 2.20. The maximum absolute atomic E-state index is 14.6. The molecule has 0 bridgehead atoms. The fourth-order valence-electron chi connectivity index (χ4n) is 2.17. The Kier molecular flexibility index (Phi) is 6.17. The molecule has 2 rings (SSSR count). The van der Waals surface area contributed by atoms with Gasteiger partial charge in [0, 0.05) is 25.1 Å². The van der Waals surface area contributed by atoms with Crippen molar-refractivity contribution in [2.24, 2.45) is 5.73 Å². The number of rotatable bonds is 6. The van der Waals surface area contributed by atoms with E-state index in [4.69, 9.17) is 22.1 Å². The van der Waals surface area contributed by atoms with E-state index < -0.39 is 11.9 Å². The summed E-state index contributed by atoms with van der Waals surface area (Å²) in [5, 5.41) is 2.88. The zero-order valence-corrected chi connectivity index (χ0v) is 14.4. The summed E-state index contributed by atoms with van der Waals surface area (Å²) in [6.07, 6.45) is 0.607. The highest BCUT2D eigenvalue weighted by atomic mass is 35.5. The summed E-state index contributed by atoms with van der Waals surface area (Å²) in [6.45, 7) is 3.76. The highest BCUT2D eigenvalue weighted by Crippen LogP contribution is 2.36. The van der Waals surface area contributed by atoms with Gasteiger partial charge in [-0.25, -0.2) is 4.39 Å². The number of carbonyl (C=O) groups is 1. The van der Waals surface area contributed by atoms with Crippen molar-refractivity contribution in [1.29, 1.82) is 0 Å². The first-order valence-corrected chi connectivity index (χ1v) is 8.04. The van der Waals surface area contributed by atoms with Gasteiger partial charge in [-0.2, -0.15) is 0 Å². The van der Waals surface area contributed by atoms with Crippen LogP contribution in [-0.4, -0.2) is 5.91 Å². The van der Waals surface area contributed by atoms with E-state index in [1.165, 1.54) is 6.92 Å². The van der Waals surface area contributed by atoms with Crippen molar-refractivity contribution >= 4 is 17.5 Å². The molecule has 1 amide bonds. The van der Waals surface area contributed by atoms with Crippen molar-refractivity contribution in [2.75, 3.05) is 0 Å². The quantitative estimate of drug-likeness (QED) is 0.815. The molecule has 0 radical (unpaired) electrons. The number of benzene rings is 2. The number of ether oxygens (including phenoxy) is 1. The predicted octanol–water partition coefficient (Wildman–Crippen LogP) is 4.32. The third kappa shape index (κ3) is 4.46. The van der Waals surface area contributed by atoms with Crippen LogP contribution in [0.25, 0.3) is 0 Å². The van der Waals surface area contributed by atoms with Gasteiger partial charge in [0.1, 0.15) is 5.75 Å². The molecule has 6 heteroatoms. The van der Waals surface area contributed by atoms with Crippen molar-refractivity contribution in [2.45, 2.75) is 32.9 Å². The topological polar surface area (TPSA) is 64.3 Å². The van der Waals surface area contributed by atoms with Gasteiger partial charge >= 0.3 is 0 Å². The molecule has 0 fully saturated rings. The number of carbonyl (C=O) groups excluding carboxylic acids is 1. The van der Waals surface area contributed by atoms with Gasteiger partial charge in [-0.15, -0.1) is 0 Å². The largest absolute Gasteiger partial charge is 0.453 e. The van der Waals surface area contributed by atoms with Crippen LogP contribution in [0.4, 0.5) is 4.39 Å². The van der Waals surface area contributed by atoms with Gasteiger partial charge in [0.05, 0.1) is 5.02 Å². The minimum absolute atomic E-state index is 0.0346. The standard InChI is InChI=1S/C18H20ClFN2O2/c1-3-16(21)14-8-9-15(19)18(17(14)20)24-13-6-4-12(5-7-13)10-22-11(2)23/h4-9,16H,3,10,21H2,1-2H3,(H,22,23)/t16-/m1/s1. The maximum Gasteiger partial charge on any atom is 0.217 e. The zero-order chi connectivity index (χ0) is 17.7. The predicted molar refractivity (Wildman–Crippen MR) is 92.7 cm³/mol. The number of hydrogen-bond acceptors (Lipinski definition) is 3. The summed E-state index contributed by atoms with van der Waals surface area (Å²) < 4.78 is 20.2. The van der Waals surface area contributed by atoms with Crippen LogP contribution in [0, 0.1) is 5.82 Å². The smallest absolute Gasteiger partial charge is 0.217 e. The van der Waals surface area contributed by atoms with Gasteiger partial charge in [-0.05, 0) is 30.2 Å². The van der Waals surface area contributed by atoms with E-state index in [2.05, 4.69) is 5.32 Å². The van der Waals surface area contributed by atoms with Crippen LogP contribution in [0.2, 0.25) is 5.02 Å². The van der Waals surface area contributed by atoms with Crippen LogP contribution in [0.15, 0.2) is 36.4 Å². The Hall–Kier alpha value is -2.11. The van der Waals surface area contributed by atoms with Crippen LogP contribution in [0.3, 0.4) is 0 Å². The summed E-state index contributed by atoms with van der Waals surface area (Å²) in [5.41, 5.74) is 7.19. The molecule has 3 N–H and O–H groups in total. The zero-order valence-electron chi connectivity index (χ0n) is 13.6. The number of nitrogens with two attached hydrogens (primary N) is 1. The highest BCUT2D eigenvalue weighted by Gasteiger charge is 2.18. The molecule has 128 valence electrons. The van der Waals surface area contributed by atoms with E-state index in [1.807, 2.05) is 6.92 Å². The van der Waals surface area contributed by atoms with E-state index in [9.17, 15) is 9.18 Å². The minimum Gasteiger partial charge on any atom is -0.453 e. The van der Waals surface area contributed by atoms with E-state index in [1.54, 1.807) is 36.4 Å². The summed E-state index contributed by atoms with van der Waals surface area (Å²) in [4.78, 5) is 10.9. The molecular weight excluding hydrogens is 331 g/mol. The fourth-order valence-corrected chi connectivity index (χ4v) is 2.35. The lowest BCUT2D eigenvalue weighted by Crippen LogP contribution is -2.18. The van der Waals surface area contributed by atoms with Crippen LogP contribution < -0.4 is 15.8 Å². The second kappa shape index (κ2) is 8.13.